The molecule has 0 aliphatic carbocycles. The normalized spacial score (nSPS) is 17.5. The summed E-state index contributed by atoms with van der Waals surface area (Å²) in [7, 11) is 1.81. The quantitative estimate of drug-likeness (QED) is 0.241. The summed E-state index contributed by atoms with van der Waals surface area (Å²) in [4.78, 5) is 4.31. The molecule has 1 saturated heterocycles. The van der Waals surface area contributed by atoms with Crippen molar-refractivity contribution in [2.45, 2.75) is 51.6 Å². The Labute approximate surface area is 181 Å². The van der Waals surface area contributed by atoms with E-state index in [9.17, 15) is 0 Å². The van der Waals surface area contributed by atoms with Crippen molar-refractivity contribution in [1.82, 2.24) is 10.6 Å². The van der Waals surface area contributed by atoms with Crippen LogP contribution in [0.25, 0.3) is 0 Å². The molecular formula is C21H36IN3O2. The molecule has 1 aliphatic rings. The van der Waals surface area contributed by atoms with Crippen molar-refractivity contribution in [3.8, 4) is 0 Å². The Bertz CT molecular complexity index is 555. The number of rotatable bonds is 9. The molecule has 1 aliphatic heterocycles. The number of nitrogens with zero attached hydrogens (tertiary/aromatic N) is 1. The van der Waals surface area contributed by atoms with Gasteiger partial charge in [-0.05, 0) is 31.7 Å². The first-order valence-corrected chi connectivity index (χ1v) is 9.72. The molecule has 1 heterocycles. The number of benzene rings is 1. The largest absolute Gasteiger partial charge is 0.379 e. The third-order valence-corrected chi connectivity index (χ3v) is 4.84. The smallest absolute Gasteiger partial charge is 0.191 e. The van der Waals surface area contributed by atoms with Gasteiger partial charge >= 0.3 is 0 Å². The highest BCUT2D eigenvalue weighted by atomic mass is 127. The fourth-order valence-corrected chi connectivity index (χ4v) is 3.00. The lowest BCUT2D eigenvalue weighted by molar-refractivity contribution is 0.0168. The highest BCUT2D eigenvalue weighted by Crippen LogP contribution is 2.22. The summed E-state index contributed by atoms with van der Waals surface area (Å²) in [5, 5.41) is 6.80. The number of aryl methyl sites for hydroxylation is 1. The second kappa shape index (κ2) is 12.6. The number of nitrogens with one attached hydrogen (secondary N) is 2. The van der Waals surface area contributed by atoms with Crippen LogP contribution in [0.1, 0.15) is 44.2 Å². The Balaban J connectivity index is 0.00000364. The fourth-order valence-electron chi connectivity index (χ4n) is 3.00. The van der Waals surface area contributed by atoms with Gasteiger partial charge < -0.3 is 20.1 Å². The third-order valence-electron chi connectivity index (χ3n) is 4.84. The molecule has 2 N–H and O–H groups in total. The lowest BCUT2D eigenvalue weighted by Gasteiger charge is -2.27. The van der Waals surface area contributed by atoms with Crippen molar-refractivity contribution in [2.75, 3.05) is 40.0 Å². The number of hydrogen-bond donors (Lipinski definition) is 2. The van der Waals surface area contributed by atoms with Crippen LogP contribution in [-0.2, 0) is 14.9 Å². The van der Waals surface area contributed by atoms with Crippen LogP contribution in [0, 0.1) is 6.92 Å². The highest BCUT2D eigenvalue weighted by Gasteiger charge is 2.20. The number of halogens is 1. The molecule has 1 aromatic carbocycles. The van der Waals surface area contributed by atoms with Crippen LogP contribution < -0.4 is 10.6 Å². The first-order valence-electron chi connectivity index (χ1n) is 9.72. The van der Waals surface area contributed by atoms with Gasteiger partial charge in [0.1, 0.15) is 0 Å². The first kappa shape index (κ1) is 24.2. The number of guanidine groups is 1. The van der Waals surface area contributed by atoms with Crippen LogP contribution in [0.4, 0.5) is 0 Å². The number of ether oxygens (including phenoxy) is 2. The average molecular weight is 489 g/mol. The van der Waals surface area contributed by atoms with Gasteiger partial charge in [0.2, 0.25) is 0 Å². The van der Waals surface area contributed by atoms with Crippen LogP contribution in [-0.4, -0.2) is 52.0 Å². The molecule has 1 aromatic rings. The molecule has 0 bridgehead atoms. The zero-order valence-corrected chi connectivity index (χ0v) is 19.5. The van der Waals surface area contributed by atoms with Crippen molar-refractivity contribution in [2.24, 2.45) is 4.99 Å². The van der Waals surface area contributed by atoms with Gasteiger partial charge in [-0.3, -0.25) is 4.99 Å². The number of hydrogen-bond acceptors (Lipinski definition) is 3. The predicted octanol–water partition coefficient (Wildman–Crippen LogP) is 3.64. The molecule has 0 spiro atoms. The summed E-state index contributed by atoms with van der Waals surface area (Å²) in [6.45, 7) is 10.6. The van der Waals surface area contributed by atoms with Gasteiger partial charge in [-0.1, -0.05) is 43.7 Å². The topological polar surface area (TPSA) is 54.9 Å². The molecule has 2 rings (SSSR count). The van der Waals surface area contributed by atoms with Crippen LogP contribution in [0.3, 0.4) is 0 Å². The molecule has 0 amide bonds. The van der Waals surface area contributed by atoms with Crippen molar-refractivity contribution >= 4 is 29.9 Å². The summed E-state index contributed by atoms with van der Waals surface area (Å²) in [6.07, 6.45) is 3.55. The summed E-state index contributed by atoms with van der Waals surface area (Å²) in [5.41, 5.74) is 2.65. The van der Waals surface area contributed by atoms with E-state index in [4.69, 9.17) is 9.47 Å². The maximum absolute atomic E-state index is 5.69. The van der Waals surface area contributed by atoms with Gasteiger partial charge in [0.05, 0.1) is 12.7 Å². The van der Waals surface area contributed by atoms with Gasteiger partial charge in [0, 0.05) is 38.8 Å². The summed E-state index contributed by atoms with van der Waals surface area (Å²) < 4.78 is 11.2. The molecule has 154 valence electrons. The Morgan fingerprint density at radius 3 is 2.63 bits per heavy atom. The average Bonchev–Trinajstić information content (AvgIpc) is 3.14. The van der Waals surface area contributed by atoms with Crippen molar-refractivity contribution in [3.63, 3.8) is 0 Å². The zero-order chi connectivity index (χ0) is 18.8. The summed E-state index contributed by atoms with van der Waals surface area (Å²) >= 11 is 0. The maximum Gasteiger partial charge on any atom is 0.191 e. The van der Waals surface area contributed by atoms with E-state index in [0.717, 1.165) is 58.1 Å². The van der Waals surface area contributed by atoms with Crippen molar-refractivity contribution in [3.05, 3.63) is 35.4 Å². The van der Waals surface area contributed by atoms with Gasteiger partial charge in [0.15, 0.2) is 5.96 Å². The van der Waals surface area contributed by atoms with E-state index in [0.29, 0.717) is 6.10 Å². The van der Waals surface area contributed by atoms with Crippen LogP contribution >= 0.6 is 24.0 Å². The van der Waals surface area contributed by atoms with Gasteiger partial charge in [-0.2, -0.15) is 0 Å². The molecule has 1 fully saturated rings. The molecule has 0 radical (unpaired) electrons. The highest BCUT2D eigenvalue weighted by molar-refractivity contribution is 14.0. The molecule has 5 nitrogen and oxygen atoms in total. The zero-order valence-electron chi connectivity index (χ0n) is 17.2. The van der Waals surface area contributed by atoms with E-state index in [2.05, 4.69) is 60.7 Å². The monoisotopic (exact) mass is 489 g/mol. The van der Waals surface area contributed by atoms with Crippen LogP contribution in [0.2, 0.25) is 0 Å². The third kappa shape index (κ3) is 8.79. The Morgan fingerprint density at radius 1 is 1.26 bits per heavy atom. The Hall–Kier alpha value is -0.860. The predicted molar refractivity (Wildman–Crippen MR) is 123 cm³/mol. The molecule has 0 saturated carbocycles. The van der Waals surface area contributed by atoms with Crippen molar-refractivity contribution in [1.29, 1.82) is 0 Å². The molecule has 27 heavy (non-hydrogen) atoms. The van der Waals surface area contributed by atoms with Crippen molar-refractivity contribution < 1.29 is 9.47 Å². The van der Waals surface area contributed by atoms with Gasteiger partial charge in [-0.25, -0.2) is 0 Å². The van der Waals surface area contributed by atoms with Gasteiger partial charge in [0.25, 0.3) is 0 Å². The molecule has 0 aromatic heterocycles. The maximum atomic E-state index is 5.69. The minimum absolute atomic E-state index is 0. The minimum Gasteiger partial charge on any atom is -0.379 e. The van der Waals surface area contributed by atoms with E-state index >= 15 is 0 Å². The van der Waals surface area contributed by atoms with E-state index in [-0.39, 0.29) is 29.4 Å². The second-order valence-corrected chi connectivity index (χ2v) is 7.67. The summed E-state index contributed by atoms with van der Waals surface area (Å²) in [5.74, 6) is 0.837. The number of aliphatic imine (C=N–C) groups is 1. The summed E-state index contributed by atoms with van der Waals surface area (Å²) in [6, 6.07) is 8.75. The molecule has 1 atom stereocenters. The lowest BCUT2D eigenvalue weighted by Crippen LogP contribution is -2.43. The standard InChI is InChI=1S/C21H35N3O2.HI/c1-17-8-10-18(11-9-17)21(2,3)16-24-20(22-4)23-12-6-13-25-15-19-7-5-14-26-19;/h8-11,19H,5-7,12-16H2,1-4H3,(H2,22,23,24);1H. The van der Waals surface area contributed by atoms with E-state index in [1.807, 2.05) is 7.05 Å². The van der Waals surface area contributed by atoms with Crippen LogP contribution in [0.15, 0.2) is 29.3 Å². The SMILES string of the molecule is CN=C(NCCCOCC1CCCO1)NCC(C)(C)c1ccc(C)cc1.I. The van der Waals surface area contributed by atoms with E-state index < -0.39 is 0 Å². The second-order valence-electron chi connectivity index (χ2n) is 7.67. The molecule has 1 unspecified atom stereocenters. The first-order chi connectivity index (χ1) is 12.5. The fraction of sp³-hybridized carbons (Fsp3) is 0.667. The van der Waals surface area contributed by atoms with Crippen LogP contribution in [0.5, 0.6) is 0 Å². The van der Waals surface area contributed by atoms with Gasteiger partial charge in [-0.15, -0.1) is 24.0 Å². The molecular weight excluding hydrogens is 453 g/mol. The minimum atomic E-state index is 0. The Kier molecular flexibility index (Phi) is 11.3. The Morgan fingerprint density at radius 2 is 2.00 bits per heavy atom. The molecule has 6 heteroatoms. The lowest BCUT2D eigenvalue weighted by atomic mass is 9.84. The van der Waals surface area contributed by atoms with E-state index in [1.165, 1.54) is 11.1 Å². The van der Waals surface area contributed by atoms with E-state index in [1.54, 1.807) is 0 Å².